The van der Waals surface area contributed by atoms with E-state index in [0.29, 0.717) is 12.0 Å². The summed E-state index contributed by atoms with van der Waals surface area (Å²) in [6.07, 6.45) is 10.8. The second-order valence-electron chi connectivity index (χ2n) is 8.85. The fourth-order valence-corrected chi connectivity index (χ4v) is 6.19. The molecule has 5 nitrogen and oxygen atoms in total. The molecule has 3 aliphatic rings. The minimum atomic E-state index is 0.287. The zero-order valence-corrected chi connectivity index (χ0v) is 17.8. The number of piperidine rings is 1. The van der Waals surface area contributed by atoms with Crippen molar-refractivity contribution in [2.45, 2.75) is 69.7 Å². The van der Waals surface area contributed by atoms with Crippen LogP contribution in [0.3, 0.4) is 0 Å². The van der Waals surface area contributed by atoms with Crippen LogP contribution >= 0.6 is 11.3 Å². The lowest BCUT2D eigenvalue weighted by Crippen LogP contribution is -2.44. The highest BCUT2D eigenvalue weighted by atomic mass is 32.1. The lowest BCUT2D eigenvalue weighted by molar-refractivity contribution is 0.184. The highest BCUT2D eigenvalue weighted by Crippen LogP contribution is 2.44. The van der Waals surface area contributed by atoms with E-state index in [9.17, 15) is 0 Å². The summed E-state index contributed by atoms with van der Waals surface area (Å²) in [7, 11) is 2.21. The summed E-state index contributed by atoms with van der Waals surface area (Å²) in [5.41, 5.74) is 1.56. The van der Waals surface area contributed by atoms with Crippen molar-refractivity contribution in [2.75, 3.05) is 38.2 Å². The Labute approximate surface area is 171 Å². The lowest BCUT2D eigenvalue weighted by Gasteiger charge is -2.37. The molecule has 0 bridgehead atoms. The normalized spacial score (nSPS) is 20.9. The zero-order chi connectivity index (χ0) is 19.1. The Bertz CT molecular complexity index is 839. The number of anilines is 1. The van der Waals surface area contributed by atoms with Gasteiger partial charge in [-0.25, -0.2) is 9.97 Å². The van der Waals surface area contributed by atoms with Crippen LogP contribution in [0.2, 0.25) is 0 Å². The van der Waals surface area contributed by atoms with Crippen LogP contribution in [0, 0.1) is 0 Å². The molecule has 2 aliphatic carbocycles. The van der Waals surface area contributed by atoms with E-state index in [0.717, 1.165) is 31.9 Å². The maximum absolute atomic E-state index is 9.11. The van der Waals surface area contributed by atoms with Gasteiger partial charge in [0.25, 0.3) is 0 Å². The van der Waals surface area contributed by atoms with E-state index in [2.05, 4.69) is 16.8 Å². The van der Waals surface area contributed by atoms with E-state index in [-0.39, 0.29) is 6.61 Å². The van der Waals surface area contributed by atoms with Crippen LogP contribution in [-0.2, 0) is 12.8 Å². The molecule has 0 aromatic carbocycles. The molecule has 2 aromatic rings. The Hall–Kier alpha value is -1.24. The van der Waals surface area contributed by atoms with Crippen molar-refractivity contribution < 1.29 is 5.11 Å². The van der Waals surface area contributed by atoms with E-state index in [4.69, 9.17) is 15.1 Å². The highest BCUT2D eigenvalue weighted by Gasteiger charge is 2.32. The first-order valence-corrected chi connectivity index (χ1v) is 11.9. The first-order chi connectivity index (χ1) is 13.7. The highest BCUT2D eigenvalue weighted by molar-refractivity contribution is 7.19. The molecule has 0 unspecified atom stereocenters. The molecule has 1 saturated carbocycles. The standard InChI is InChI=1S/C22H32N4OS/c1-25(11-4-14-27)16-9-12-26(13-10-16)21-19-17-5-2-3-6-18(17)28-22(19)24-20(23-21)15-7-8-15/h15-16,27H,2-14H2,1H3. The summed E-state index contributed by atoms with van der Waals surface area (Å²) in [5, 5.41) is 10.5. The van der Waals surface area contributed by atoms with Crippen LogP contribution in [0.5, 0.6) is 0 Å². The van der Waals surface area contributed by atoms with Gasteiger partial charge in [0.2, 0.25) is 0 Å². The third kappa shape index (κ3) is 3.55. The molecule has 1 N–H and O–H groups in total. The van der Waals surface area contributed by atoms with Gasteiger partial charge in [-0.2, -0.15) is 0 Å². The van der Waals surface area contributed by atoms with E-state index in [1.165, 1.54) is 67.4 Å². The van der Waals surface area contributed by atoms with Crippen LogP contribution in [0.4, 0.5) is 5.82 Å². The minimum absolute atomic E-state index is 0.287. The van der Waals surface area contributed by atoms with Crippen LogP contribution in [0.1, 0.15) is 67.1 Å². The van der Waals surface area contributed by atoms with Crippen molar-refractivity contribution in [3.05, 3.63) is 16.3 Å². The number of thiophene rings is 1. The zero-order valence-electron chi connectivity index (χ0n) is 17.0. The largest absolute Gasteiger partial charge is 0.396 e. The van der Waals surface area contributed by atoms with E-state index in [1.807, 2.05) is 11.3 Å². The van der Waals surface area contributed by atoms with Gasteiger partial charge in [0, 0.05) is 43.1 Å². The molecule has 0 amide bonds. The Morgan fingerprint density at radius 1 is 1.11 bits per heavy atom. The van der Waals surface area contributed by atoms with Crippen molar-refractivity contribution in [1.82, 2.24) is 14.9 Å². The van der Waals surface area contributed by atoms with Crippen LogP contribution in [-0.4, -0.2) is 59.3 Å². The fourth-order valence-electron chi connectivity index (χ4n) is 4.93. The molecule has 5 rings (SSSR count). The Kier molecular flexibility index (Phi) is 5.28. The molecule has 28 heavy (non-hydrogen) atoms. The number of hydrogen-bond donors (Lipinski definition) is 1. The number of aliphatic hydroxyl groups is 1. The van der Waals surface area contributed by atoms with Crippen molar-refractivity contribution in [3.63, 3.8) is 0 Å². The Balaban J connectivity index is 1.43. The lowest BCUT2D eigenvalue weighted by atomic mass is 9.96. The smallest absolute Gasteiger partial charge is 0.141 e. The summed E-state index contributed by atoms with van der Waals surface area (Å²) in [5.74, 6) is 2.94. The van der Waals surface area contributed by atoms with Crippen molar-refractivity contribution in [2.24, 2.45) is 0 Å². The number of rotatable bonds is 6. The van der Waals surface area contributed by atoms with Crippen molar-refractivity contribution >= 4 is 27.4 Å². The molecule has 0 radical (unpaired) electrons. The third-order valence-corrected chi connectivity index (χ3v) is 8.00. The van der Waals surface area contributed by atoms with Gasteiger partial charge in [0.15, 0.2) is 0 Å². The van der Waals surface area contributed by atoms with E-state index in [1.54, 1.807) is 10.4 Å². The van der Waals surface area contributed by atoms with Crippen molar-refractivity contribution in [3.8, 4) is 0 Å². The van der Waals surface area contributed by atoms with Crippen LogP contribution in [0.15, 0.2) is 0 Å². The number of nitrogens with zero attached hydrogens (tertiary/aromatic N) is 4. The van der Waals surface area contributed by atoms with Gasteiger partial charge in [0.05, 0.1) is 5.39 Å². The Morgan fingerprint density at radius 2 is 1.89 bits per heavy atom. The molecule has 0 atom stereocenters. The van der Waals surface area contributed by atoms with E-state index < -0.39 is 0 Å². The maximum atomic E-state index is 9.11. The molecule has 1 saturated heterocycles. The second kappa shape index (κ2) is 7.88. The van der Waals surface area contributed by atoms with Crippen molar-refractivity contribution in [1.29, 1.82) is 0 Å². The number of hydrogen-bond acceptors (Lipinski definition) is 6. The first kappa shape index (κ1) is 18.8. The molecule has 152 valence electrons. The minimum Gasteiger partial charge on any atom is -0.396 e. The number of aliphatic hydroxyl groups excluding tert-OH is 1. The van der Waals surface area contributed by atoms with Gasteiger partial charge in [0.1, 0.15) is 16.5 Å². The third-order valence-electron chi connectivity index (χ3n) is 6.81. The summed E-state index contributed by atoms with van der Waals surface area (Å²) < 4.78 is 0. The fraction of sp³-hybridized carbons (Fsp3) is 0.727. The maximum Gasteiger partial charge on any atom is 0.141 e. The van der Waals surface area contributed by atoms with E-state index >= 15 is 0 Å². The molecule has 2 fully saturated rings. The monoisotopic (exact) mass is 400 g/mol. The molecule has 1 aliphatic heterocycles. The molecular formula is C22H32N4OS. The molecule has 2 aromatic heterocycles. The average Bonchev–Trinajstić information content (AvgIpc) is 3.52. The number of fused-ring (bicyclic) bond motifs is 3. The van der Waals surface area contributed by atoms with Gasteiger partial charge in [-0.3, -0.25) is 0 Å². The van der Waals surface area contributed by atoms with Gasteiger partial charge in [-0.15, -0.1) is 11.3 Å². The summed E-state index contributed by atoms with van der Waals surface area (Å²) in [4.78, 5) is 18.0. The summed E-state index contributed by atoms with van der Waals surface area (Å²) in [6.45, 7) is 3.43. The topological polar surface area (TPSA) is 52.5 Å². The predicted octanol–water partition coefficient (Wildman–Crippen LogP) is 3.73. The van der Waals surface area contributed by atoms with Gasteiger partial charge in [-0.1, -0.05) is 0 Å². The molecule has 0 spiro atoms. The van der Waals surface area contributed by atoms with Gasteiger partial charge in [-0.05, 0) is 70.4 Å². The second-order valence-corrected chi connectivity index (χ2v) is 9.93. The summed E-state index contributed by atoms with van der Waals surface area (Å²) >= 11 is 1.94. The molecule has 3 heterocycles. The molecule has 6 heteroatoms. The number of aromatic nitrogens is 2. The Morgan fingerprint density at radius 3 is 2.64 bits per heavy atom. The summed E-state index contributed by atoms with van der Waals surface area (Å²) in [6, 6.07) is 0.624. The van der Waals surface area contributed by atoms with Crippen LogP contribution in [0.25, 0.3) is 10.2 Å². The van der Waals surface area contributed by atoms with Gasteiger partial charge >= 0.3 is 0 Å². The predicted molar refractivity (Wildman–Crippen MR) is 116 cm³/mol. The number of aryl methyl sites for hydroxylation is 2. The average molecular weight is 401 g/mol. The van der Waals surface area contributed by atoms with Crippen LogP contribution < -0.4 is 4.90 Å². The SMILES string of the molecule is CN(CCCO)C1CCN(c2nc(C3CC3)nc3sc4c(c23)CCCC4)CC1. The first-order valence-electron chi connectivity index (χ1n) is 11.1. The molecular weight excluding hydrogens is 368 g/mol. The quantitative estimate of drug-likeness (QED) is 0.801. The van der Waals surface area contributed by atoms with Gasteiger partial charge < -0.3 is 14.9 Å².